The van der Waals surface area contributed by atoms with Crippen LogP contribution in [0.2, 0.25) is 0 Å². The summed E-state index contributed by atoms with van der Waals surface area (Å²) < 4.78 is 11.8. The first kappa shape index (κ1) is 16.7. The maximum absolute atomic E-state index is 12.6. The fourth-order valence-corrected chi connectivity index (χ4v) is 6.06. The summed E-state index contributed by atoms with van der Waals surface area (Å²) >= 11 is 0. The monoisotopic (exact) mass is 356 g/mol. The molecule has 5 heteroatoms. The molecule has 1 aromatic heterocycles. The van der Waals surface area contributed by atoms with Crippen LogP contribution in [0.25, 0.3) is 0 Å². The Hall–Kier alpha value is -1.46. The number of hydrogen-bond acceptors (Lipinski definition) is 5. The van der Waals surface area contributed by atoms with Crippen LogP contribution in [0.1, 0.15) is 44.6 Å². The Morgan fingerprint density at radius 1 is 1.31 bits per heavy atom. The number of nitrogens with zero attached hydrogens (tertiary/aromatic N) is 1. The maximum Gasteiger partial charge on any atom is 0.310 e. The van der Waals surface area contributed by atoms with Crippen molar-refractivity contribution in [1.29, 1.82) is 0 Å². The van der Waals surface area contributed by atoms with Crippen molar-refractivity contribution in [2.75, 3.05) is 13.2 Å². The molecule has 2 saturated heterocycles. The zero-order valence-corrected chi connectivity index (χ0v) is 15.4. The summed E-state index contributed by atoms with van der Waals surface area (Å²) in [6.45, 7) is 4.78. The molecule has 0 aromatic carbocycles. The third-order valence-corrected chi connectivity index (χ3v) is 7.52. The highest BCUT2D eigenvalue weighted by atomic mass is 16.6. The average Bonchev–Trinajstić information content (AvgIpc) is 3.33. The van der Waals surface area contributed by atoms with Crippen LogP contribution in [0.15, 0.2) is 24.5 Å². The molecule has 1 spiro atoms. The molecule has 2 aliphatic carbocycles. The van der Waals surface area contributed by atoms with E-state index in [2.05, 4.69) is 17.2 Å². The van der Waals surface area contributed by atoms with Crippen molar-refractivity contribution in [1.82, 2.24) is 10.3 Å². The number of aromatic nitrogens is 1. The van der Waals surface area contributed by atoms with E-state index in [0.29, 0.717) is 18.4 Å². The Bertz CT molecular complexity index is 690. The molecule has 4 fully saturated rings. The molecule has 0 amide bonds. The lowest BCUT2D eigenvalue weighted by Crippen LogP contribution is -2.51. The fraction of sp³-hybridized carbons (Fsp3) is 0.714. The highest BCUT2D eigenvalue weighted by molar-refractivity contribution is 5.75. The van der Waals surface area contributed by atoms with Crippen LogP contribution in [0.3, 0.4) is 0 Å². The van der Waals surface area contributed by atoms with Gasteiger partial charge >= 0.3 is 5.97 Å². The van der Waals surface area contributed by atoms with Crippen molar-refractivity contribution in [3.8, 4) is 0 Å². The van der Waals surface area contributed by atoms with Crippen molar-refractivity contribution >= 4 is 5.97 Å². The number of nitrogens with one attached hydrogen (secondary N) is 1. The zero-order chi connectivity index (χ0) is 17.8. The maximum atomic E-state index is 12.6. The third kappa shape index (κ3) is 2.67. The number of carbonyl (C=O) groups excluding carboxylic acids is 1. The normalized spacial score (nSPS) is 43.7. The lowest BCUT2D eigenvalue weighted by Gasteiger charge is -2.51. The van der Waals surface area contributed by atoms with Gasteiger partial charge < -0.3 is 14.8 Å². The van der Waals surface area contributed by atoms with E-state index in [1.165, 1.54) is 24.8 Å². The minimum Gasteiger partial charge on any atom is -0.462 e. The fourth-order valence-electron chi connectivity index (χ4n) is 6.06. The standard InChI is InChI=1S/C21H28N2O3/c1-20-5-2-6-21(13-25-21)18(20)9-15-16(19(24)26-17(15)10-20)12-23-11-14-3-7-22-8-4-14/h3-4,7-8,15-18,23H,2,5-6,9-13H2,1H3/t15-,16-,17-,18-,20-,21+/m1/s1. The second-order valence-electron chi connectivity index (χ2n) is 9.09. The highest BCUT2D eigenvalue weighted by Crippen LogP contribution is 2.62. The van der Waals surface area contributed by atoms with Gasteiger partial charge in [0.1, 0.15) is 6.10 Å². The van der Waals surface area contributed by atoms with E-state index < -0.39 is 0 Å². The van der Waals surface area contributed by atoms with Gasteiger partial charge in [0.15, 0.2) is 0 Å². The van der Waals surface area contributed by atoms with Gasteiger partial charge in [-0.15, -0.1) is 0 Å². The molecule has 0 bridgehead atoms. The minimum atomic E-state index is -0.0240. The number of carbonyl (C=O) groups is 1. The van der Waals surface area contributed by atoms with Crippen LogP contribution in [0.5, 0.6) is 0 Å². The van der Waals surface area contributed by atoms with Gasteiger partial charge in [0.2, 0.25) is 0 Å². The van der Waals surface area contributed by atoms with Crippen molar-refractivity contribution in [2.24, 2.45) is 23.2 Å². The molecule has 26 heavy (non-hydrogen) atoms. The highest BCUT2D eigenvalue weighted by Gasteiger charge is 2.64. The van der Waals surface area contributed by atoms with Crippen molar-refractivity contribution in [3.63, 3.8) is 0 Å². The van der Waals surface area contributed by atoms with Gasteiger partial charge in [-0.3, -0.25) is 9.78 Å². The summed E-state index contributed by atoms with van der Waals surface area (Å²) in [5.74, 6) is 0.895. The molecule has 1 N–H and O–H groups in total. The summed E-state index contributed by atoms with van der Waals surface area (Å²) in [7, 11) is 0. The van der Waals surface area contributed by atoms with E-state index in [-0.39, 0.29) is 29.0 Å². The van der Waals surface area contributed by atoms with Crippen LogP contribution < -0.4 is 5.32 Å². The molecule has 2 saturated carbocycles. The molecular formula is C21H28N2O3. The molecule has 3 heterocycles. The first-order chi connectivity index (χ1) is 12.6. The van der Waals surface area contributed by atoms with Crippen LogP contribution in [-0.2, 0) is 20.8 Å². The van der Waals surface area contributed by atoms with Gasteiger partial charge in [-0.1, -0.05) is 6.92 Å². The van der Waals surface area contributed by atoms with E-state index in [4.69, 9.17) is 9.47 Å². The van der Waals surface area contributed by atoms with Gasteiger partial charge in [-0.2, -0.15) is 0 Å². The van der Waals surface area contributed by atoms with E-state index in [9.17, 15) is 4.79 Å². The summed E-state index contributed by atoms with van der Waals surface area (Å²) in [4.78, 5) is 16.6. The Balaban J connectivity index is 1.28. The number of rotatable bonds is 4. The lowest BCUT2D eigenvalue weighted by atomic mass is 9.53. The molecule has 1 aromatic rings. The largest absolute Gasteiger partial charge is 0.462 e. The molecule has 0 radical (unpaired) electrons. The SMILES string of the molecule is C[C@]12CCC[C@]3(CO3)[C@@H]1C[C@H]1[C@@H](C2)OC(=O)[C@@H]1CNCc1ccncc1. The first-order valence-electron chi connectivity index (χ1n) is 10.0. The topological polar surface area (TPSA) is 63.8 Å². The third-order valence-electron chi connectivity index (χ3n) is 7.52. The zero-order valence-electron chi connectivity index (χ0n) is 15.4. The second kappa shape index (κ2) is 6.03. The van der Waals surface area contributed by atoms with Gasteiger partial charge in [-0.25, -0.2) is 0 Å². The minimum absolute atomic E-state index is 0.00441. The molecule has 5 rings (SSSR count). The van der Waals surface area contributed by atoms with Crippen LogP contribution in [0.4, 0.5) is 0 Å². The summed E-state index contributed by atoms with van der Waals surface area (Å²) in [6, 6.07) is 4.01. The van der Waals surface area contributed by atoms with E-state index in [0.717, 1.165) is 26.0 Å². The molecule has 2 aliphatic heterocycles. The number of ether oxygens (including phenoxy) is 2. The Morgan fingerprint density at radius 3 is 2.88 bits per heavy atom. The molecule has 6 atom stereocenters. The number of hydrogen-bond donors (Lipinski definition) is 1. The smallest absolute Gasteiger partial charge is 0.310 e. The van der Waals surface area contributed by atoms with Gasteiger partial charge in [0.25, 0.3) is 0 Å². The molecule has 5 nitrogen and oxygen atoms in total. The van der Waals surface area contributed by atoms with E-state index in [1.54, 1.807) is 12.4 Å². The lowest BCUT2D eigenvalue weighted by molar-refractivity contribution is -0.147. The van der Waals surface area contributed by atoms with Gasteiger partial charge in [0.05, 0.1) is 18.1 Å². The molecule has 4 aliphatic rings. The quantitative estimate of drug-likeness (QED) is 0.664. The molecule has 140 valence electrons. The van der Waals surface area contributed by atoms with E-state index >= 15 is 0 Å². The van der Waals surface area contributed by atoms with Crippen molar-refractivity contribution in [2.45, 2.75) is 57.3 Å². The van der Waals surface area contributed by atoms with Crippen LogP contribution in [0, 0.1) is 23.2 Å². The number of esters is 1. The second-order valence-corrected chi connectivity index (χ2v) is 9.09. The summed E-state index contributed by atoms with van der Waals surface area (Å²) in [6.07, 6.45) is 9.49. The van der Waals surface area contributed by atoms with Crippen molar-refractivity contribution in [3.05, 3.63) is 30.1 Å². The Kier molecular flexibility index (Phi) is 3.87. The number of fused-ring (bicyclic) bond motifs is 3. The Morgan fingerprint density at radius 2 is 2.12 bits per heavy atom. The average molecular weight is 356 g/mol. The summed E-state index contributed by atoms with van der Waals surface area (Å²) in [5, 5.41) is 3.47. The predicted molar refractivity (Wildman–Crippen MR) is 96.2 cm³/mol. The predicted octanol–water partition coefficient (Wildman–Crippen LogP) is 2.70. The summed E-state index contributed by atoms with van der Waals surface area (Å²) in [5.41, 5.74) is 1.59. The van der Waals surface area contributed by atoms with Gasteiger partial charge in [-0.05, 0) is 61.1 Å². The molecular weight excluding hydrogens is 328 g/mol. The van der Waals surface area contributed by atoms with E-state index in [1.807, 2.05) is 12.1 Å². The Labute approximate surface area is 154 Å². The van der Waals surface area contributed by atoms with Gasteiger partial charge in [0, 0.05) is 31.4 Å². The van der Waals surface area contributed by atoms with Crippen LogP contribution in [-0.4, -0.2) is 35.8 Å². The number of epoxide rings is 1. The first-order valence-corrected chi connectivity index (χ1v) is 10.0. The van der Waals surface area contributed by atoms with Crippen molar-refractivity contribution < 1.29 is 14.3 Å². The number of pyridine rings is 1. The van der Waals surface area contributed by atoms with Crippen LogP contribution >= 0.6 is 0 Å². The molecule has 0 unspecified atom stereocenters.